The number of hydrogen-bond donors (Lipinski definition) is 3. The molecule has 32 heavy (non-hydrogen) atoms. The highest BCUT2D eigenvalue weighted by molar-refractivity contribution is 5.89. The van der Waals surface area contributed by atoms with E-state index >= 15 is 0 Å². The van der Waals surface area contributed by atoms with E-state index in [-0.39, 0.29) is 18.7 Å². The van der Waals surface area contributed by atoms with Gasteiger partial charge in [-0.1, -0.05) is 30.3 Å². The van der Waals surface area contributed by atoms with E-state index in [9.17, 15) is 9.90 Å². The highest BCUT2D eigenvalue weighted by Crippen LogP contribution is 2.24. The van der Waals surface area contributed by atoms with Crippen molar-refractivity contribution < 1.29 is 14.3 Å². The number of oxazole rings is 1. The molecule has 0 radical (unpaired) electrons. The number of amides is 2. The third-order valence-electron chi connectivity index (χ3n) is 6.04. The topological polar surface area (TPSA) is 90.6 Å². The number of nitrogens with zero attached hydrogens (tertiary/aromatic N) is 2. The van der Waals surface area contributed by atoms with Gasteiger partial charge in [-0.15, -0.1) is 0 Å². The second-order valence-electron chi connectivity index (χ2n) is 8.27. The monoisotopic (exact) mass is 434 g/mol. The Bertz CT molecular complexity index is 1060. The Morgan fingerprint density at radius 2 is 2.00 bits per heavy atom. The molecule has 1 fully saturated rings. The van der Waals surface area contributed by atoms with Crippen molar-refractivity contribution in [3.63, 3.8) is 0 Å². The molecule has 0 spiro atoms. The molecule has 0 saturated carbocycles. The quantitative estimate of drug-likeness (QED) is 0.518. The van der Waals surface area contributed by atoms with Crippen molar-refractivity contribution in [2.45, 2.75) is 45.8 Å². The second kappa shape index (κ2) is 9.97. The van der Waals surface area contributed by atoms with Gasteiger partial charge in [0.1, 0.15) is 5.76 Å². The van der Waals surface area contributed by atoms with Crippen LogP contribution in [0.5, 0.6) is 0 Å². The smallest absolute Gasteiger partial charge is 0.319 e. The van der Waals surface area contributed by atoms with E-state index in [0.29, 0.717) is 18.1 Å². The summed E-state index contributed by atoms with van der Waals surface area (Å²) in [5.41, 5.74) is 4.59. The molecule has 3 aromatic rings. The maximum absolute atomic E-state index is 12.5. The van der Waals surface area contributed by atoms with Crippen LogP contribution in [-0.2, 0) is 13.1 Å². The summed E-state index contributed by atoms with van der Waals surface area (Å²) in [7, 11) is 0. The zero-order valence-electron chi connectivity index (χ0n) is 18.6. The molecule has 1 atom stereocenters. The van der Waals surface area contributed by atoms with Gasteiger partial charge in [-0.2, -0.15) is 0 Å². The van der Waals surface area contributed by atoms with Crippen LogP contribution >= 0.6 is 0 Å². The second-order valence-corrected chi connectivity index (χ2v) is 8.27. The molecule has 168 valence electrons. The molecule has 2 amide bonds. The van der Waals surface area contributed by atoms with Gasteiger partial charge in [0, 0.05) is 30.4 Å². The van der Waals surface area contributed by atoms with E-state index in [1.165, 1.54) is 5.56 Å². The van der Waals surface area contributed by atoms with Crippen LogP contribution in [0.4, 0.5) is 10.5 Å². The lowest BCUT2D eigenvalue weighted by atomic mass is 10.1. The van der Waals surface area contributed by atoms with E-state index in [4.69, 9.17) is 4.42 Å². The molecule has 1 saturated heterocycles. The number of anilines is 1. The first-order valence-corrected chi connectivity index (χ1v) is 11.0. The maximum atomic E-state index is 12.5. The molecule has 2 aromatic carbocycles. The molecular weight excluding hydrogens is 404 g/mol. The van der Waals surface area contributed by atoms with Gasteiger partial charge in [-0.05, 0) is 62.6 Å². The number of carbonyl (C=O) groups is 1. The standard InChI is InChI=1S/C25H30N4O3/c1-17-18(2)32-24(27-17)19-9-5-10-22(13-19)28-25(31)26-14-20-7-3-4-8-21(20)15-29-12-6-11-23(29)16-30/h3-5,7-10,13,23,30H,6,11-12,14-16H2,1-2H3,(H2,26,28,31)/t23-/m0/s1. The molecule has 0 aliphatic carbocycles. The van der Waals surface area contributed by atoms with Crippen molar-refractivity contribution >= 4 is 11.7 Å². The number of aromatic nitrogens is 1. The number of rotatable bonds is 7. The summed E-state index contributed by atoms with van der Waals surface area (Å²) in [6, 6.07) is 15.5. The summed E-state index contributed by atoms with van der Waals surface area (Å²) in [5.74, 6) is 1.33. The Hall–Kier alpha value is -3.16. The molecule has 2 heterocycles. The predicted molar refractivity (Wildman–Crippen MR) is 124 cm³/mol. The molecule has 7 nitrogen and oxygen atoms in total. The zero-order valence-corrected chi connectivity index (χ0v) is 18.6. The van der Waals surface area contributed by atoms with Gasteiger partial charge in [-0.25, -0.2) is 9.78 Å². The minimum atomic E-state index is -0.272. The Morgan fingerprint density at radius 1 is 1.19 bits per heavy atom. The summed E-state index contributed by atoms with van der Waals surface area (Å²) in [6.45, 7) is 6.18. The third-order valence-corrected chi connectivity index (χ3v) is 6.04. The third kappa shape index (κ3) is 5.18. The van der Waals surface area contributed by atoms with Crippen LogP contribution in [-0.4, -0.2) is 40.2 Å². The van der Waals surface area contributed by atoms with Crippen LogP contribution in [0.2, 0.25) is 0 Å². The van der Waals surface area contributed by atoms with Crippen LogP contribution in [0, 0.1) is 13.8 Å². The van der Waals surface area contributed by atoms with E-state index in [0.717, 1.165) is 48.5 Å². The summed E-state index contributed by atoms with van der Waals surface area (Å²) in [6.07, 6.45) is 2.14. The SMILES string of the molecule is Cc1nc(-c2cccc(NC(=O)NCc3ccccc3CN3CCC[C@H]3CO)c2)oc1C. The number of carbonyl (C=O) groups excluding carboxylic acids is 1. The van der Waals surface area contributed by atoms with Gasteiger partial charge < -0.3 is 20.2 Å². The lowest BCUT2D eigenvalue weighted by Gasteiger charge is -2.24. The first-order chi connectivity index (χ1) is 15.5. The number of likely N-dealkylation sites (tertiary alicyclic amines) is 1. The average molecular weight is 435 g/mol. The maximum Gasteiger partial charge on any atom is 0.319 e. The van der Waals surface area contributed by atoms with Gasteiger partial charge >= 0.3 is 6.03 Å². The number of aryl methyl sites for hydroxylation is 2. The van der Waals surface area contributed by atoms with Crippen molar-refractivity contribution in [3.05, 3.63) is 71.1 Å². The van der Waals surface area contributed by atoms with Gasteiger partial charge in [-0.3, -0.25) is 4.90 Å². The van der Waals surface area contributed by atoms with Crippen LogP contribution in [0.15, 0.2) is 52.9 Å². The first kappa shape index (κ1) is 22.0. The van der Waals surface area contributed by atoms with Gasteiger partial charge in [0.25, 0.3) is 0 Å². The van der Waals surface area contributed by atoms with Gasteiger partial charge in [0.2, 0.25) is 5.89 Å². The summed E-state index contributed by atoms with van der Waals surface area (Å²) in [4.78, 5) is 19.3. The van der Waals surface area contributed by atoms with Crippen LogP contribution in [0.1, 0.15) is 35.4 Å². The number of benzene rings is 2. The van der Waals surface area contributed by atoms with E-state index < -0.39 is 0 Å². The highest BCUT2D eigenvalue weighted by Gasteiger charge is 2.24. The van der Waals surface area contributed by atoms with Crippen molar-refractivity contribution in [3.8, 4) is 11.5 Å². The van der Waals surface area contributed by atoms with Crippen LogP contribution < -0.4 is 10.6 Å². The molecule has 3 N–H and O–H groups in total. The first-order valence-electron chi connectivity index (χ1n) is 11.0. The molecule has 1 aliphatic heterocycles. The van der Waals surface area contributed by atoms with Gasteiger partial charge in [0.15, 0.2) is 0 Å². The Kier molecular flexibility index (Phi) is 6.87. The molecule has 0 bridgehead atoms. The van der Waals surface area contributed by atoms with E-state index in [2.05, 4.69) is 26.6 Å². The number of urea groups is 1. The fourth-order valence-corrected chi connectivity index (χ4v) is 4.09. The summed E-state index contributed by atoms with van der Waals surface area (Å²) >= 11 is 0. The molecular formula is C25H30N4O3. The average Bonchev–Trinajstić information content (AvgIpc) is 3.39. The van der Waals surface area contributed by atoms with Crippen molar-refractivity contribution in [2.24, 2.45) is 0 Å². The Balaban J connectivity index is 1.37. The lowest BCUT2D eigenvalue weighted by molar-refractivity contribution is 0.153. The summed E-state index contributed by atoms with van der Waals surface area (Å²) in [5, 5.41) is 15.4. The molecule has 0 unspecified atom stereocenters. The van der Waals surface area contributed by atoms with Gasteiger partial charge in [0.05, 0.1) is 12.3 Å². The predicted octanol–water partition coefficient (Wildman–Crippen LogP) is 4.24. The fourth-order valence-electron chi connectivity index (χ4n) is 4.09. The van der Waals surface area contributed by atoms with Crippen LogP contribution in [0.3, 0.4) is 0 Å². The fraction of sp³-hybridized carbons (Fsp3) is 0.360. The van der Waals surface area contributed by atoms with Crippen LogP contribution in [0.25, 0.3) is 11.5 Å². The summed E-state index contributed by atoms with van der Waals surface area (Å²) < 4.78 is 5.69. The van der Waals surface area contributed by atoms with Crippen molar-refractivity contribution in [1.29, 1.82) is 0 Å². The lowest BCUT2D eigenvalue weighted by Crippen LogP contribution is -2.32. The molecule has 4 rings (SSSR count). The number of nitrogens with one attached hydrogen (secondary N) is 2. The number of aliphatic hydroxyl groups is 1. The minimum Gasteiger partial charge on any atom is -0.441 e. The molecule has 1 aliphatic rings. The van der Waals surface area contributed by atoms with Crippen molar-refractivity contribution in [1.82, 2.24) is 15.2 Å². The Labute approximate surface area is 188 Å². The number of aliphatic hydroxyl groups excluding tert-OH is 1. The minimum absolute atomic E-state index is 0.189. The van der Waals surface area contributed by atoms with E-state index in [1.807, 2.05) is 56.3 Å². The highest BCUT2D eigenvalue weighted by atomic mass is 16.4. The largest absolute Gasteiger partial charge is 0.441 e. The van der Waals surface area contributed by atoms with Crippen molar-refractivity contribution in [2.75, 3.05) is 18.5 Å². The Morgan fingerprint density at radius 3 is 2.75 bits per heavy atom. The molecule has 1 aromatic heterocycles. The molecule has 7 heteroatoms. The number of hydrogen-bond acceptors (Lipinski definition) is 5. The zero-order chi connectivity index (χ0) is 22.5. The van der Waals surface area contributed by atoms with E-state index in [1.54, 1.807) is 0 Å². The normalized spacial score (nSPS) is 16.3.